The van der Waals surface area contributed by atoms with Crippen molar-refractivity contribution < 1.29 is 4.79 Å². The Kier molecular flexibility index (Phi) is 5.58. The average Bonchev–Trinajstić information content (AvgIpc) is 2.28. The molecule has 0 atom stereocenters. The number of pyridine rings is 1. The van der Waals surface area contributed by atoms with Crippen LogP contribution in [-0.2, 0) is 6.42 Å². The van der Waals surface area contributed by atoms with Crippen molar-refractivity contribution in [1.29, 1.82) is 0 Å². The van der Waals surface area contributed by atoms with Crippen LogP contribution in [0.4, 0.5) is 5.82 Å². The first-order chi connectivity index (χ1) is 8.56. The third-order valence-electron chi connectivity index (χ3n) is 2.33. The largest absolute Gasteiger partial charge is 0.370 e. The lowest BCUT2D eigenvalue weighted by Gasteiger charge is -2.13. The van der Waals surface area contributed by atoms with E-state index in [1.807, 2.05) is 13.0 Å². The second kappa shape index (κ2) is 6.96. The normalized spacial score (nSPS) is 10.5. The SMILES string of the molecule is CCCc1cc(C(=O)NN(C)C)cc(NCC)n1. The summed E-state index contributed by atoms with van der Waals surface area (Å²) in [4.78, 5) is 16.4. The molecule has 1 aromatic heterocycles. The molecule has 0 radical (unpaired) electrons. The van der Waals surface area contributed by atoms with E-state index in [0.29, 0.717) is 5.56 Å². The van der Waals surface area contributed by atoms with Crippen LogP contribution >= 0.6 is 0 Å². The predicted octanol–water partition coefficient (Wildman–Crippen LogP) is 1.67. The number of anilines is 1. The Labute approximate surface area is 109 Å². The number of carbonyl (C=O) groups is 1. The van der Waals surface area contributed by atoms with E-state index in [1.165, 1.54) is 0 Å². The smallest absolute Gasteiger partial charge is 0.265 e. The molecule has 0 aliphatic heterocycles. The molecule has 100 valence electrons. The van der Waals surface area contributed by atoms with Crippen LogP contribution in [0.1, 0.15) is 36.3 Å². The quantitative estimate of drug-likeness (QED) is 0.754. The fraction of sp³-hybridized carbons (Fsp3) is 0.538. The summed E-state index contributed by atoms with van der Waals surface area (Å²) in [5.41, 5.74) is 4.32. The van der Waals surface area contributed by atoms with Crippen molar-refractivity contribution in [2.75, 3.05) is 26.0 Å². The average molecular weight is 250 g/mol. The van der Waals surface area contributed by atoms with E-state index in [4.69, 9.17) is 0 Å². The molecule has 1 amide bonds. The predicted molar refractivity (Wildman–Crippen MR) is 73.5 cm³/mol. The Balaban J connectivity index is 2.98. The summed E-state index contributed by atoms with van der Waals surface area (Å²) < 4.78 is 0. The molecule has 0 aliphatic rings. The van der Waals surface area contributed by atoms with Crippen LogP contribution < -0.4 is 10.7 Å². The van der Waals surface area contributed by atoms with Crippen LogP contribution in [-0.4, -0.2) is 36.5 Å². The highest BCUT2D eigenvalue weighted by Crippen LogP contribution is 2.12. The molecule has 5 nitrogen and oxygen atoms in total. The summed E-state index contributed by atoms with van der Waals surface area (Å²) >= 11 is 0. The zero-order chi connectivity index (χ0) is 13.5. The third-order valence-corrected chi connectivity index (χ3v) is 2.33. The molecule has 0 aliphatic carbocycles. The van der Waals surface area contributed by atoms with Crippen LogP contribution in [0, 0.1) is 0 Å². The Hall–Kier alpha value is -1.62. The molecular weight excluding hydrogens is 228 g/mol. The van der Waals surface area contributed by atoms with Gasteiger partial charge in [0.2, 0.25) is 0 Å². The molecular formula is C13H22N4O. The van der Waals surface area contributed by atoms with Crippen LogP contribution in [0.5, 0.6) is 0 Å². The second-order valence-electron chi connectivity index (χ2n) is 4.35. The number of hydrazine groups is 1. The first-order valence-corrected chi connectivity index (χ1v) is 6.30. The Bertz CT molecular complexity index is 380. The van der Waals surface area contributed by atoms with Gasteiger partial charge in [0.25, 0.3) is 5.91 Å². The molecule has 0 saturated heterocycles. The van der Waals surface area contributed by atoms with E-state index in [1.54, 1.807) is 25.2 Å². The van der Waals surface area contributed by atoms with Crippen molar-refractivity contribution in [3.8, 4) is 0 Å². The molecule has 0 bridgehead atoms. The summed E-state index contributed by atoms with van der Waals surface area (Å²) in [6.45, 7) is 4.90. The molecule has 1 rings (SSSR count). The van der Waals surface area contributed by atoms with Gasteiger partial charge in [-0.15, -0.1) is 0 Å². The van der Waals surface area contributed by atoms with Gasteiger partial charge in [-0.1, -0.05) is 13.3 Å². The number of nitrogens with one attached hydrogen (secondary N) is 2. The Morgan fingerprint density at radius 1 is 1.33 bits per heavy atom. The summed E-state index contributed by atoms with van der Waals surface area (Å²) in [7, 11) is 3.58. The number of aryl methyl sites for hydroxylation is 1. The van der Waals surface area contributed by atoms with E-state index in [2.05, 4.69) is 22.7 Å². The first kappa shape index (κ1) is 14.4. The molecule has 0 aromatic carbocycles. The van der Waals surface area contributed by atoms with Crippen LogP contribution in [0.15, 0.2) is 12.1 Å². The number of rotatable bonds is 6. The number of aromatic nitrogens is 1. The summed E-state index contributed by atoms with van der Waals surface area (Å²) in [6, 6.07) is 3.63. The van der Waals surface area contributed by atoms with Crippen molar-refractivity contribution in [3.63, 3.8) is 0 Å². The van der Waals surface area contributed by atoms with E-state index in [0.717, 1.165) is 30.9 Å². The number of amides is 1. The highest BCUT2D eigenvalue weighted by atomic mass is 16.2. The van der Waals surface area contributed by atoms with Gasteiger partial charge in [0, 0.05) is 31.9 Å². The molecule has 5 heteroatoms. The summed E-state index contributed by atoms with van der Waals surface area (Å²) in [5.74, 6) is 0.645. The van der Waals surface area contributed by atoms with Crippen LogP contribution in [0.2, 0.25) is 0 Å². The standard InChI is InChI=1S/C13H22N4O/c1-5-7-11-8-10(13(18)16-17(3)4)9-12(15-11)14-6-2/h8-9H,5-7H2,1-4H3,(H,14,15)(H,16,18). The number of carbonyl (C=O) groups excluding carboxylic acids is 1. The number of hydrogen-bond acceptors (Lipinski definition) is 4. The lowest BCUT2D eigenvalue weighted by molar-refractivity contribution is 0.0856. The zero-order valence-electron chi connectivity index (χ0n) is 11.6. The van der Waals surface area contributed by atoms with Crippen molar-refractivity contribution in [2.45, 2.75) is 26.7 Å². The lowest BCUT2D eigenvalue weighted by Crippen LogP contribution is -2.36. The number of nitrogens with zero attached hydrogens (tertiary/aromatic N) is 2. The Morgan fingerprint density at radius 3 is 2.61 bits per heavy atom. The fourth-order valence-electron chi connectivity index (χ4n) is 1.64. The minimum Gasteiger partial charge on any atom is -0.370 e. The van der Waals surface area contributed by atoms with Gasteiger partial charge in [0.1, 0.15) is 5.82 Å². The van der Waals surface area contributed by atoms with Gasteiger partial charge >= 0.3 is 0 Å². The number of hydrogen-bond donors (Lipinski definition) is 2. The minimum absolute atomic E-state index is 0.112. The van der Waals surface area contributed by atoms with E-state index in [-0.39, 0.29) is 5.91 Å². The summed E-state index contributed by atoms with van der Waals surface area (Å²) in [6.07, 6.45) is 1.89. The fourth-order valence-corrected chi connectivity index (χ4v) is 1.64. The van der Waals surface area contributed by atoms with E-state index in [9.17, 15) is 4.79 Å². The molecule has 1 aromatic rings. The highest BCUT2D eigenvalue weighted by molar-refractivity contribution is 5.94. The summed E-state index contributed by atoms with van der Waals surface area (Å²) in [5, 5.41) is 4.78. The van der Waals surface area contributed by atoms with Crippen molar-refractivity contribution in [2.24, 2.45) is 0 Å². The molecule has 0 spiro atoms. The van der Waals surface area contributed by atoms with E-state index >= 15 is 0 Å². The molecule has 0 saturated carbocycles. The molecule has 18 heavy (non-hydrogen) atoms. The third kappa shape index (κ3) is 4.33. The monoisotopic (exact) mass is 250 g/mol. The topological polar surface area (TPSA) is 57.3 Å². The van der Waals surface area contributed by atoms with Gasteiger partial charge in [0.15, 0.2) is 0 Å². The van der Waals surface area contributed by atoms with Gasteiger partial charge in [-0.2, -0.15) is 0 Å². The molecule has 2 N–H and O–H groups in total. The molecule has 1 heterocycles. The van der Waals surface area contributed by atoms with Crippen LogP contribution in [0.3, 0.4) is 0 Å². The van der Waals surface area contributed by atoms with Gasteiger partial charge < -0.3 is 5.32 Å². The minimum atomic E-state index is -0.112. The van der Waals surface area contributed by atoms with Crippen molar-refractivity contribution in [1.82, 2.24) is 15.4 Å². The zero-order valence-corrected chi connectivity index (χ0v) is 11.6. The van der Waals surface area contributed by atoms with Crippen LogP contribution in [0.25, 0.3) is 0 Å². The highest BCUT2D eigenvalue weighted by Gasteiger charge is 2.10. The van der Waals surface area contributed by atoms with E-state index < -0.39 is 0 Å². The maximum absolute atomic E-state index is 12.0. The first-order valence-electron chi connectivity index (χ1n) is 6.30. The maximum Gasteiger partial charge on any atom is 0.265 e. The lowest BCUT2D eigenvalue weighted by atomic mass is 10.1. The van der Waals surface area contributed by atoms with Gasteiger partial charge in [-0.05, 0) is 25.5 Å². The molecule has 0 fully saturated rings. The van der Waals surface area contributed by atoms with Crippen molar-refractivity contribution in [3.05, 3.63) is 23.4 Å². The Morgan fingerprint density at radius 2 is 2.06 bits per heavy atom. The second-order valence-corrected chi connectivity index (χ2v) is 4.35. The molecule has 0 unspecified atom stereocenters. The maximum atomic E-state index is 12.0. The van der Waals surface area contributed by atoms with Gasteiger partial charge in [-0.25, -0.2) is 9.99 Å². The van der Waals surface area contributed by atoms with Gasteiger partial charge in [-0.3, -0.25) is 10.2 Å². The van der Waals surface area contributed by atoms with Gasteiger partial charge in [0.05, 0.1) is 0 Å². The van der Waals surface area contributed by atoms with Crippen molar-refractivity contribution >= 4 is 11.7 Å².